The molecule has 0 aliphatic rings. The lowest BCUT2D eigenvalue weighted by Gasteiger charge is -2.04. The van der Waals surface area contributed by atoms with Gasteiger partial charge in [0.2, 0.25) is 0 Å². The molecular weight excluding hydrogens is 348 g/mol. The van der Waals surface area contributed by atoms with Gasteiger partial charge in [-0.15, -0.1) is 12.6 Å². The van der Waals surface area contributed by atoms with Gasteiger partial charge in [-0.05, 0) is 6.42 Å². The van der Waals surface area contributed by atoms with Crippen LogP contribution < -0.4 is 0 Å². The van der Waals surface area contributed by atoms with Crippen LogP contribution in [0, 0.1) is 0 Å². The average Bonchev–Trinajstić information content (AvgIpc) is 2.65. The molecule has 0 heterocycles. The van der Waals surface area contributed by atoms with Crippen molar-refractivity contribution in [1.29, 1.82) is 0 Å². The van der Waals surface area contributed by atoms with Crippen LogP contribution in [0.2, 0.25) is 0 Å². The molecule has 0 rings (SSSR count). The van der Waals surface area contributed by atoms with Crippen LogP contribution in [0.1, 0.15) is 155 Å². The van der Waals surface area contributed by atoms with Gasteiger partial charge >= 0.3 is 0 Å². The molecule has 0 atom stereocenters. The quantitative estimate of drug-likeness (QED) is 0.134. The van der Waals surface area contributed by atoms with Crippen molar-refractivity contribution in [2.45, 2.75) is 155 Å². The summed E-state index contributed by atoms with van der Waals surface area (Å²) in [6, 6.07) is 0. The largest absolute Gasteiger partial charge is 0.288 e. The second-order valence-electron chi connectivity index (χ2n) is 8.57. The van der Waals surface area contributed by atoms with Gasteiger partial charge in [0.15, 0.2) is 5.12 Å². The van der Waals surface area contributed by atoms with Crippen molar-refractivity contribution in [3.63, 3.8) is 0 Å². The predicted molar refractivity (Wildman–Crippen MR) is 126 cm³/mol. The highest BCUT2D eigenvalue weighted by Crippen LogP contribution is 2.15. The number of hydrogen-bond donors (Lipinski definition) is 1. The topological polar surface area (TPSA) is 17.1 Å². The van der Waals surface area contributed by atoms with Gasteiger partial charge < -0.3 is 0 Å². The fraction of sp³-hybridized carbons (Fsp3) is 0.960. The molecule has 0 spiro atoms. The predicted octanol–water partition coefficient (Wildman–Crippen LogP) is 9.43. The first kappa shape index (κ1) is 27.0. The number of thiol groups is 1. The molecular formula is C25H50OS. The second-order valence-corrected chi connectivity index (χ2v) is 9.07. The Bertz CT molecular complexity index is 290. The summed E-state index contributed by atoms with van der Waals surface area (Å²) in [5.41, 5.74) is 0. The van der Waals surface area contributed by atoms with Crippen molar-refractivity contribution in [1.82, 2.24) is 0 Å². The van der Waals surface area contributed by atoms with E-state index in [1.165, 1.54) is 135 Å². The third-order valence-corrected chi connectivity index (χ3v) is 5.97. The Hall–Kier alpha value is 0.0200. The Balaban J connectivity index is 2.98. The lowest BCUT2D eigenvalue weighted by atomic mass is 10.0. The molecule has 0 aliphatic heterocycles. The van der Waals surface area contributed by atoms with E-state index in [0.717, 1.165) is 6.42 Å². The van der Waals surface area contributed by atoms with Gasteiger partial charge in [-0.3, -0.25) is 4.79 Å². The molecule has 0 bridgehead atoms. The molecule has 27 heavy (non-hydrogen) atoms. The summed E-state index contributed by atoms with van der Waals surface area (Å²) in [5, 5.41) is 0.0446. The fourth-order valence-electron chi connectivity index (χ4n) is 3.88. The molecule has 0 aromatic heterocycles. The van der Waals surface area contributed by atoms with Crippen LogP contribution in [0.25, 0.3) is 0 Å². The summed E-state index contributed by atoms with van der Waals surface area (Å²) < 4.78 is 0. The van der Waals surface area contributed by atoms with E-state index >= 15 is 0 Å². The van der Waals surface area contributed by atoms with Gasteiger partial charge in [0.25, 0.3) is 0 Å². The smallest absolute Gasteiger partial charge is 0.185 e. The first-order valence-corrected chi connectivity index (χ1v) is 12.9. The van der Waals surface area contributed by atoms with E-state index in [2.05, 4.69) is 19.6 Å². The minimum Gasteiger partial charge on any atom is -0.288 e. The maximum Gasteiger partial charge on any atom is 0.185 e. The van der Waals surface area contributed by atoms with Crippen molar-refractivity contribution in [2.75, 3.05) is 0 Å². The fourth-order valence-corrected chi connectivity index (χ4v) is 4.04. The Kier molecular flexibility index (Phi) is 24.1. The SMILES string of the molecule is CCCCCCCCCCCCCCCCCCCCCCCCC(=O)S. The molecule has 0 saturated carbocycles. The maximum absolute atomic E-state index is 10.7. The zero-order valence-electron chi connectivity index (χ0n) is 18.6. The normalized spacial score (nSPS) is 11.2. The van der Waals surface area contributed by atoms with Gasteiger partial charge in [0, 0.05) is 6.42 Å². The van der Waals surface area contributed by atoms with Crippen molar-refractivity contribution in [2.24, 2.45) is 0 Å². The van der Waals surface area contributed by atoms with Crippen LogP contribution in [0.4, 0.5) is 0 Å². The van der Waals surface area contributed by atoms with Crippen LogP contribution in [0.3, 0.4) is 0 Å². The minimum atomic E-state index is 0.0446. The molecule has 0 radical (unpaired) electrons. The molecule has 0 unspecified atom stereocenters. The molecule has 0 fully saturated rings. The standard InChI is InChI=1S/C25H50OS/c1-2-3-4-5-6-7-8-9-10-11-12-13-14-15-16-17-18-19-20-21-22-23-24-25(26)27/h2-24H2,1H3,(H,26,27). The first-order chi connectivity index (χ1) is 13.3. The highest BCUT2D eigenvalue weighted by atomic mass is 32.1. The Morgan fingerprint density at radius 1 is 0.444 bits per heavy atom. The first-order valence-electron chi connectivity index (χ1n) is 12.5. The van der Waals surface area contributed by atoms with Crippen LogP contribution in [-0.2, 0) is 4.79 Å². The maximum atomic E-state index is 10.7. The summed E-state index contributed by atoms with van der Waals surface area (Å²) in [7, 11) is 0. The molecule has 0 aromatic rings. The number of rotatable bonds is 23. The summed E-state index contributed by atoms with van der Waals surface area (Å²) in [5.74, 6) is 0. The van der Waals surface area contributed by atoms with Crippen molar-refractivity contribution in [3.8, 4) is 0 Å². The highest BCUT2D eigenvalue weighted by Gasteiger charge is 1.97. The van der Waals surface area contributed by atoms with Gasteiger partial charge in [-0.1, -0.05) is 142 Å². The van der Waals surface area contributed by atoms with Gasteiger partial charge in [-0.2, -0.15) is 0 Å². The summed E-state index contributed by atoms with van der Waals surface area (Å²) >= 11 is 3.81. The average molecular weight is 399 g/mol. The zero-order chi connectivity index (χ0) is 19.8. The van der Waals surface area contributed by atoms with Gasteiger partial charge in [0.1, 0.15) is 0 Å². The summed E-state index contributed by atoms with van der Waals surface area (Å²) in [6.45, 7) is 2.29. The van der Waals surface area contributed by atoms with E-state index in [-0.39, 0.29) is 5.12 Å². The monoisotopic (exact) mass is 398 g/mol. The van der Waals surface area contributed by atoms with E-state index in [0.29, 0.717) is 6.42 Å². The lowest BCUT2D eigenvalue weighted by molar-refractivity contribution is -0.110. The van der Waals surface area contributed by atoms with E-state index in [4.69, 9.17) is 0 Å². The van der Waals surface area contributed by atoms with Crippen LogP contribution in [0.15, 0.2) is 0 Å². The Morgan fingerprint density at radius 3 is 0.889 bits per heavy atom. The van der Waals surface area contributed by atoms with Crippen LogP contribution in [0.5, 0.6) is 0 Å². The van der Waals surface area contributed by atoms with E-state index < -0.39 is 0 Å². The molecule has 0 saturated heterocycles. The van der Waals surface area contributed by atoms with Crippen LogP contribution in [-0.4, -0.2) is 5.12 Å². The molecule has 1 nitrogen and oxygen atoms in total. The molecule has 162 valence electrons. The van der Waals surface area contributed by atoms with Gasteiger partial charge in [-0.25, -0.2) is 0 Å². The number of unbranched alkanes of at least 4 members (excludes halogenated alkanes) is 21. The molecule has 0 amide bonds. The number of hydrogen-bond acceptors (Lipinski definition) is 1. The Morgan fingerprint density at radius 2 is 0.667 bits per heavy atom. The lowest BCUT2D eigenvalue weighted by Crippen LogP contribution is -1.87. The van der Waals surface area contributed by atoms with Gasteiger partial charge in [0.05, 0.1) is 0 Å². The third kappa shape index (κ3) is 26.0. The molecule has 0 aliphatic carbocycles. The van der Waals surface area contributed by atoms with E-state index in [9.17, 15) is 4.79 Å². The summed E-state index contributed by atoms with van der Waals surface area (Å²) in [4.78, 5) is 10.7. The van der Waals surface area contributed by atoms with Crippen molar-refractivity contribution < 1.29 is 4.79 Å². The molecule has 2 heteroatoms. The highest BCUT2D eigenvalue weighted by molar-refractivity contribution is 7.96. The Labute approximate surface area is 177 Å². The van der Waals surface area contributed by atoms with Crippen molar-refractivity contribution >= 4 is 17.7 Å². The number of carbonyl (C=O) groups is 1. The minimum absolute atomic E-state index is 0.0446. The molecule has 0 N–H and O–H groups in total. The summed E-state index contributed by atoms with van der Waals surface area (Å²) in [6.07, 6.45) is 31.5. The van der Waals surface area contributed by atoms with Crippen molar-refractivity contribution in [3.05, 3.63) is 0 Å². The molecule has 0 aromatic carbocycles. The van der Waals surface area contributed by atoms with E-state index in [1.807, 2.05) is 0 Å². The zero-order valence-corrected chi connectivity index (χ0v) is 19.5. The van der Waals surface area contributed by atoms with E-state index in [1.54, 1.807) is 0 Å². The third-order valence-electron chi connectivity index (χ3n) is 5.74. The van der Waals surface area contributed by atoms with Crippen LogP contribution >= 0.6 is 12.6 Å². The number of carbonyl (C=O) groups excluding carboxylic acids is 1. The second kappa shape index (κ2) is 24.1.